The Hall–Kier alpha value is -2.86. The number of hydrogen-bond donors (Lipinski definition) is 0. The van der Waals surface area contributed by atoms with E-state index in [0.717, 1.165) is 5.56 Å². The summed E-state index contributed by atoms with van der Waals surface area (Å²) in [6, 6.07) is 14.3. The van der Waals surface area contributed by atoms with E-state index in [9.17, 15) is 9.59 Å². The van der Waals surface area contributed by atoms with Gasteiger partial charge in [-0.25, -0.2) is 4.79 Å². The minimum Gasteiger partial charge on any atom is -0.496 e. The number of carbonyl (C=O) groups excluding carboxylic acids is 2. The molecule has 1 aliphatic heterocycles. The second-order valence-electron chi connectivity index (χ2n) is 6.34. The van der Waals surface area contributed by atoms with E-state index >= 15 is 0 Å². The van der Waals surface area contributed by atoms with E-state index in [4.69, 9.17) is 14.2 Å². The van der Waals surface area contributed by atoms with Crippen LogP contribution in [0.25, 0.3) is 0 Å². The van der Waals surface area contributed by atoms with Crippen molar-refractivity contribution in [2.45, 2.75) is 13.0 Å². The zero-order chi connectivity index (χ0) is 19.2. The van der Waals surface area contributed by atoms with E-state index in [0.29, 0.717) is 43.2 Å². The Kier molecular flexibility index (Phi) is 6.08. The summed E-state index contributed by atoms with van der Waals surface area (Å²) < 4.78 is 16.3. The number of benzene rings is 2. The summed E-state index contributed by atoms with van der Waals surface area (Å²) in [5, 5.41) is 0. The number of methoxy groups -OCH3 is 1. The molecule has 6 nitrogen and oxygen atoms in total. The van der Waals surface area contributed by atoms with Crippen LogP contribution in [-0.2, 0) is 14.3 Å². The summed E-state index contributed by atoms with van der Waals surface area (Å²) in [4.78, 5) is 27.6. The summed E-state index contributed by atoms with van der Waals surface area (Å²) >= 11 is 0. The topological polar surface area (TPSA) is 65.1 Å². The van der Waals surface area contributed by atoms with Gasteiger partial charge in [-0.05, 0) is 19.1 Å². The molecule has 3 rings (SSSR count). The van der Waals surface area contributed by atoms with Crippen LogP contribution in [0.4, 0.5) is 0 Å². The first-order valence-corrected chi connectivity index (χ1v) is 8.87. The molecule has 1 amide bonds. The lowest BCUT2D eigenvalue weighted by atomic mass is 10.1. The Bertz CT molecular complexity index is 799. The highest BCUT2D eigenvalue weighted by Gasteiger charge is 2.31. The van der Waals surface area contributed by atoms with Gasteiger partial charge in [0.1, 0.15) is 11.3 Å². The van der Waals surface area contributed by atoms with Crippen LogP contribution in [-0.4, -0.2) is 50.2 Å². The Labute approximate surface area is 158 Å². The van der Waals surface area contributed by atoms with Gasteiger partial charge in [-0.15, -0.1) is 0 Å². The molecular weight excluding hydrogens is 346 g/mol. The van der Waals surface area contributed by atoms with Crippen LogP contribution in [0, 0.1) is 6.92 Å². The predicted octanol–water partition coefficient (Wildman–Crippen LogP) is 2.76. The number of hydrogen-bond acceptors (Lipinski definition) is 5. The fraction of sp³-hybridized carbons (Fsp3) is 0.333. The molecule has 0 bridgehead atoms. The predicted molar refractivity (Wildman–Crippen MR) is 99.7 cm³/mol. The summed E-state index contributed by atoms with van der Waals surface area (Å²) in [6.07, 6.45) is -1.01. The average Bonchev–Trinajstić information content (AvgIpc) is 2.72. The lowest BCUT2D eigenvalue weighted by molar-refractivity contribution is -0.145. The zero-order valence-electron chi connectivity index (χ0n) is 15.5. The third-order valence-electron chi connectivity index (χ3n) is 4.45. The van der Waals surface area contributed by atoms with Crippen LogP contribution < -0.4 is 4.74 Å². The molecule has 0 saturated carbocycles. The van der Waals surface area contributed by atoms with Gasteiger partial charge in [-0.3, -0.25) is 4.79 Å². The van der Waals surface area contributed by atoms with E-state index in [2.05, 4.69) is 0 Å². The van der Waals surface area contributed by atoms with Crippen molar-refractivity contribution in [3.8, 4) is 5.75 Å². The second kappa shape index (κ2) is 8.68. The molecule has 1 heterocycles. The van der Waals surface area contributed by atoms with Gasteiger partial charge in [-0.2, -0.15) is 0 Å². The SMILES string of the molecule is COc1ccc(C)cc1C(=O)O[C@H](C(=O)N1CCOCC1)c1ccccc1. The average molecular weight is 369 g/mol. The second-order valence-corrected chi connectivity index (χ2v) is 6.34. The molecule has 2 aromatic carbocycles. The van der Waals surface area contributed by atoms with Crippen LogP contribution in [0.5, 0.6) is 5.75 Å². The Morgan fingerprint density at radius 3 is 2.44 bits per heavy atom. The molecule has 1 atom stereocenters. The van der Waals surface area contributed by atoms with Crippen molar-refractivity contribution in [1.29, 1.82) is 0 Å². The molecule has 0 aliphatic carbocycles. The molecule has 0 unspecified atom stereocenters. The number of rotatable bonds is 5. The minimum absolute atomic E-state index is 0.246. The van der Waals surface area contributed by atoms with Crippen molar-refractivity contribution in [2.75, 3.05) is 33.4 Å². The quantitative estimate of drug-likeness (QED) is 0.759. The fourth-order valence-electron chi connectivity index (χ4n) is 2.99. The van der Waals surface area contributed by atoms with E-state index in [1.165, 1.54) is 7.11 Å². The highest BCUT2D eigenvalue weighted by Crippen LogP contribution is 2.26. The Balaban J connectivity index is 1.88. The molecule has 0 radical (unpaired) electrons. The molecule has 0 N–H and O–H groups in total. The first-order valence-electron chi connectivity index (χ1n) is 8.87. The molecule has 142 valence electrons. The summed E-state index contributed by atoms with van der Waals surface area (Å²) in [6.45, 7) is 3.80. The summed E-state index contributed by atoms with van der Waals surface area (Å²) in [7, 11) is 1.50. The molecule has 27 heavy (non-hydrogen) atoms. The normalized spacial score (nSPS) is 15.1. The van der Waals surface area contributed by atoms with Crippen molar-refractivity contribution in [2.24, 2.45) is 0 Å². The van der Waals surface area contributed by atoms with Crippen molar-refractivity contribution in [1.82, 2.24) is 4.90 Å². The molecule has 0 aromatic heterocycles. The Morgan fingerprint density at radius 2 is 1.78 bits per heavy atom. The maximum atomic E-state index is 13.0. The number of amides is 1. The number of nitrogens with zero attached hydrogens (tertiary/aromatic N) is 1. The van der Waals surface area contributed by atoms with E-state index < -0.39 is 12.1 Å². The Morgan fingerprint density at radius 1 is 1.07 bits per heavy atom. The summed E-state index contributed by atoms with van der Waals surface area (Å²) in [5.41, 5.74) is 1.83. The number of aryl methyl sites for hydroxylation is 1. The van der Waals surface area contributed by atoms with E-state index in [1.807, 2.05) is 31.2 Å². The van der Waals surface area contributed by atoms with Crippen molar-refractivity contribution < 1.29 is 23.8 Å². The third kappa shape index (κ3) is 4.46. The van der Waals surface area contributed by atoms with Gasteiger partial charge in [0.15, 0.2) is 0 Å². The largest absolute Gasteiger partial charge is 0.496 e. The van der Waals surface area contributed by atoms with Crippen molar-refractivity contribution in [3.05, 3.63) is 65.2 Å². The van der Waals surface area contributed by atoms with Crippen LogP contribution in [0.15, 0.2) is 48.5 Å². The highest BCUT2D eigenvalue weighted by atomic mass is 16.6. The number of esters is 1. The van der Waals surface area contributed by atoms with Gasteiger partial charge in [0.25, 0.3) is 5.91 Å². The van der Waals surface area contributed by atoms with E-state index in [1.54, 1.807) is 29.2 Å². The van der Waals surface area contributed by atoms with E-state index in [-0.39, 0.29) is 5.91 Å². The van der Waals surface area contributed by atoms with Crippen molar-refractivity contribution >= 4 is 11.9 Å². The van der Waals surface area contributed by atoms with Gasteiger partial charge in [-0.1, -0.05) is 42.0 Å². The van der Waals surface area contributed by atoms with Gasteiger partial charge >= 0.3 is 5.97 Å². The maximum Gasteiger partial charge on any atom is 0.343 e. The van der Waals surface area contributed by atoms with Gasteiger partial charge in [0.2, 0.25) is 6.10 Å². The van der Waals surface area contributed by atoms with Gasteiger partial charge in [0, 0.05) is 18.7 Å². The number of ether oxygens (including phenoxy) is 3. The van der Waals surface area contributed by atoms with Crippen LogP contribution in [0.2, 0.25) is 0 Å². The smallest absolute Gasteiger partial charge is 0.343 e. The zero-order valence-corrected chi connectivity index (χ0v) is 15.5. The minimum atomic E-state index is -1.01. The molecule has 1 fully saturated rings. The number of morpholine rings is 1. The van der Waals surface area contributed by atoms with Gasteiger partial charge in [0.05, 0.1) is 20.3 Å². The first kappa shape index (κ1) is 18.9. The monoisotopic (exact) mass is 369 g/mol. The third-order valence-corrected chi connectivity index (χ3v) is 4.45. The molecule has 0 spiro atoms. The molecule has 6 heteroatoms. The van der Waals surface area contributed by atoms with Crippen molar-refractivity contribution in [3.63, 3.8) is 0 Å². The fourth-order valence-corrected chi connectivity index (χ4v) is 2.99. The lowest BCUT2D eigenvalue weighted by Crippen LogP contribution is -2.44. The molecule has 1 aliphatic rings. The molecule has 1 saturated heterocycles. The van der Waals surface area contributed by atoms with Crippen LogP contribution in [0.3, 0.4) is 0 Å². The number of carbonyl (C=O) groups is 2. The lowest BCUT2D eigenvalue weighted by Gasteiger charge is -2.30. The van der Waals surface area contributed by atoms with Crippen LogP contribution in [0.1, 0.15) is 27.6 Å². The van der Waals surface area contributed by atoms with Crippen LogP contribution >= 0.6 is 0 Å². The molecular formula is C21H23NO5. The highest BCUT2D eigenvalue weighted by molar-refractivity contribution is 5.95. The van der Waals surface area contributed by atoms with Gasteiger partial charge < -0.3 is 19.1 Å². The maximum absolute atomic E-state index is 13.0. The molecule has 2 aromatic rings. The first-order chi connectivity index (χ1) is 13.1. The summed E-state index contributed by atoms with van der Waals surface area (Å²) in [5.74, 6) is -0.424. The standard InChI is InChI=1S/C21H23NO5/c1-15-8-9-18(25-2)17(14-15)21(24)27-19(16-6-4-3-5-7-16)20(23)22-10-12-26-13-11-22/h3-9,14,19H,10-13H2,1-2H3/t19-/m0/s1.